The fourth-order valence-corrected chi connectivity index (χ4v) is 4.29. The number of esters is 1. The molecule has 0 aromatic carbocycles. The van der Waals surface area contributed by atoms with E-state index in [1.54, 1.807) is 0 Å². The molecule has 0 saturated heterocycles. The summed E-state index contributed by atoms with van der Waals surface area (Å²) in [5.41, 5.74) is -0.471. The van der Waals surface area contributed by atoms with Crippen molar-refractivity contribution in [2.45, 2.75) is 58.5 Å². The number of hydrogen-bond acceptors (Lipinski definition) is 4. The van der Waals surface area contributed by atoms with Gasteiger partial charge in [-0.05, 0) is 76.5 Å². The van der Waals surface area contributed by atoms with Gasteiger partial charge < -0.3 is 14.8 Å². The van der Waals surface area contributed by atoms with Crippen LogP contribution in [0.25, 0.3) is 0 Å². The zero-order valence-electron chi connectivity index (χ0n) is 16.5. The summed E-state index contributed by atoms with van der Waals surface area (Å²) in [5.74, 6) is 2.01. The summed E-state index contributed by atoms with van der Waals surface area (Å²) >= 11 is 0. The predicted octanol–water partition coefficient (Wildman–Crippen LogP) is 4.24. The molecule has 1 amide bonds. The fraction of sp³-hybridized carbons (Fsp3) is 0.714. The Labute approximate surface area is 157 Å². The predicted molar refractivity (Wildman–Crippen MR) is 102 cm³/mol. The molecule has 3 saturated carbocycles. The lowest BCUT2D eigenvalue weighted by Gasteiger charge is -2.48. The van der Waals surface area contributed by atoms with Gasteiger partial charge in [0.1, 0.15) is 5.60 Å². The molecule has 146 valence electrons. The van der Waals surface area contributed by atoms with E-state index in [1.165, 1.54) is 38.9 Å². The molecular formula is C21H33NO4. The van der Waals surface area contributed by atoms with E-state index < -0.39 is 5.60 Å². The number of amides is 1. The molecule has 0 unspecified atom stereocenters. The first-order valence-electron chi connectivity index (χ1n) is 9.68. The van der Waals surface area contributed by atoms with Gasteiger partial charge in [0.2, 0.25) is 0 Å². The van der Waals surface area contributed by atoms with E-state index in [9.17, 15) is 9.59 Å². The average Bonchev–Trinajstić information content (AvgIpc) is 2.59. The number of ether oxygens (including phenoxy) is 2. The average molecular weight is 363 g/mol. The maximum Gasteiger partial charge on any atom is 0.407 e. The van der Waals surface area contributed by atoms with E-state index >= 15 is 0 Å². The number of carbonyl (C=O) groups is 2. The van der Waals surface area contributed by atoms with Gasteiger partial charge in [0, 0.05) is 12.6 Å². The van der Waals surface area contributed by atoms with Crippen molar-refractivity contribution in [2.24, 2.45) is 23.7 Å². The van der Waals surface area contributed by atoms with Crippen LogP contribution in [0.4, 0.5) is 4.79 Å². The molecule has 3 aliphatic rings. The maximum absolute atomic E-state index is 12.0. The van der Waals surface area contributed by atoms with Crippen LogP contribution in [0.5, 0.6) is 0 Å². The number of rotatable bonds is 6. The molecule has 0 aliphatic heterocycles. The Morgan fingerprint density at radius 3 is 2.35 bits per heavy atom. The van der Waals surface area contributed by atoms with E-state index in [0.29, 0.717) is 30.2 Å². The summed E-state index contributed by atoms with van der Waals surface area (Å²) in [6.07, 6.45) is 13.2. The highest BCUT2D eigenvalue weighted by molar-refractivity contribution is 5.81. The van der Waals surface area contributed by atoms with Gasteiger partial charge in [-0.25, -0.2) is 9.59 Å². The third kappa shape index (κ3) is 6.19. The molecule has 5 heteroatoms. The largest absolute Gasteiger partial charge is 0.466 e. The van der Waals surface area contributed by atoms with E-state index in [4.69, 9.17) is 4.74 Å². The Balaban J connectivity index is 1.91. The molecule has 0 aromatic rings. The molecule has 26 heavy (non-hydrogen) atoms. The summed E-state index contributed by atoms with van der Waals surface area (Å²) in [4.78, 5) is 23.1. The summed E-state index contributed by atoms with van der Waals surface area (Å²) in [6, 6.07) is 0. The number of hydrogen-bond donors (Lipinski definition) is 1. The van der Waals surface area contributed by atoms with Crippen molar-refractivity contribution in [3.63, 3.8) is 0 Å². The van der Waals surface area contributed by atoms with Crippen molar-refractivity contribution in [1.82, 2.24) is 5.32 Å². The quantitative estimate of drug-likeness (QED) is 0.435. The Hall–Kier alpha value is -1.78. The molecule has 0 radical (unpaired) electrons. The number of nitrogens with one attached hydrogen (secondary N) is 1. The normalized spacial score (nSPS) is 28.5. The summed E-state index contributed by atoms with van der Waals surface area (Å²) in [5, 5.41) is 2.98. The minimum atomic E-state index is -0.471. The molecule has 0 spiro atoms. The first-order valence-corrected chi connectivity index (χ1v) is 9.68. The number of methoxy groups -OCH3 is 1. The van der Waals surface area contributed by atoms with Crippen LogP contribution in [-0.2, 0) is 14.3 Å². The molecule has 3 rings (SSSR count). The molecule has 2 bridgehead atoms. The highest BCUT2D eigenvalue weighted by Crippen LogP contribution is 2.49. The highest BCUT2D eigenvalue weighted by Gasteiger charge is 2.42. The lowest BCUT2D eigenvalue weighted by molar-refractivity contribution is -0.134. The minimum Gasteiger partial charge on any atom is -0.466 e. The number of carbonyl (C=O) groups excluding carboxylic acids is 2. The van der Waals surface area contributed by atoms with Crippen molar-refractivity contribution in [2.75, 3.05) is 13.7 Å². The van der Waals surface area contributed by atoms with E-state index in [0.717, 1.165) is 6.42 Å². The molecule has 3 fully saturated rings. The molecule has 1 N–H and O–H groups in total. The van der Waals surface area contributed by atoms with Gasteiger partial charge in [-0.1, -0.05) is 18.2 Å². The zero-order chi connectivity index (χ0) is 19.2. The molecule has 5 nitrogen and oxygen atoms in total. The monoisotopic (exact) mass is 363 g/mol. The zero-order valence-corrected chi connectivity index (χ0v) is 16.5. The lowest BCUT2D eigenvalue weighted by Crippen LogP contribution is -2.45. The van der Waals surface area contributed by atoms with Gasteiger partial charge >= 0.3 is 12.1 Å². The van der Waals surface area contributed by atoms with Gasteiger partial charge in [0.15, 0.2) is 0 Å². The van der Waals surface area contributed by atoms with Crippen molar-refractivity contribution in [3.8, 4) is 0 Å². The fourth-order valence-electron chi connectivity index (χ4n) is 4.29. The minimum absolute atomic E-state index is 0.324. The van der Waals surface area contributed by atoms with Gasteiger partial charge in [-0.3, -0.25) is 0 Å². The third-order valence-corrected chi connectivity index (χ3v) is 5.43. The number of alkyl carbamates (subject to hydrolysis) is 1. The second-order valence-electron chi connectivity index (χ2n) is 8.39. The van der Waals surface area contributed by atoms with Crippen LogP contribution in [0.15, 0.2) is 24.3 Å². The van der Waals surface area contributed by atoms with Crippen molar-refractivity contribution >= 4 is 12.1 Å². The van der Waals surface area contributed by atoms with Gasteiger partial charge in [-0.15, -0.1) is 0 Å². The molecule has 0 heterocycles. The molecule has 2 atom stereocenters. The standard InChI is InChI=1S/C21H33NO4/c1-21(2,3)26-20(24)22-14-18-16-12-10-15(11-13-16)17(18)8-6-5-7-9-19(23)25-4/h6-9,15-18H,5,10-14H2,1-4H3,(H,22,24)/b8-6-,9-7+/t15?,16?,17-,18-/m0/s1. The second kappa shape index (κ2) is 9.24. The second-order valence-corrected chi connectivity index (χ2v) is 8.39. The van der Waals surface area contributed by atoms with Crippen LogP contribution in [-0.4, -0.2) is 31.3 Å². The van der Waals surface area contributed by atoms with Crippen LogP contribution < -0.4 is 5.32 Å². The molecule has 3 aliphatic carbocycles. The first-order chi connectivity index (χ1) is 12.3. The maximum atomic E-state index is 12.0. The topological polar surface area (TPSA) is 64.6 Å². The highest BCUT2D eigenvalue weighted by atomic mass is 16.6. The Kier molecular flexibility index (Phi) is 7.30. The molecule has 0 aromatic heterocycles. The Bertz CT molecular complexity index is 539. The number of allylic oxidation sites excluding steroid dienone is 3. The van der Waals surface area contributed by atoms with Crippen molar-refractivity contribution in [1.29, 1.82) is 0 Å². The van der Waals surface area contributed by atoms with Gasteiger partial charge in [0.05, 0.1) is 7.11 Å². The van der Waals surface area contributed by atoms with Crippen molar-refractivity contribution in [3.05, 3.63) is 24.3 Å². The first kappa shape index (κ1) is 20.5. The summed E-state index contributed by atoms with van der Waals surface area (Å²) < 4.78 is 9.96. The molecular weight excluding hydrogens is 330 g/mol. The van der Waals surface area contributed by atoms with Crippen LogP contribution in [0.2, 0.25) is 0 Å². The smallest absolute Gasteiger partial charge is 0.407 e. The van der Waals surface area contributed by atoms with Gasteiger partial charge in [0.25, 0.3) is 0 Å². The van der Waals surface area contributed by atoms with Crippen LogP contribution in [0.1, 0.15) is 52.9 Å². The van der Waals surface area contributed by atoms with E-state index in [1.807, 2.05) is 26.8 Å². The number of fused-ring (bicyclic) bond motifs is 3. The Morgan fingerprint density at radius 1 is 1.08 bits per heavy atom. The van der Waals surface area contributed by atoms with E-state index in [2.05, 4.69) is 22.2 Å². The van der Waals surface area contributed by atoms with Crippen LogP contribution in [0.3, 0.4) is 0 Å². The Morgan fingerprint density at radius 2 is 1.73 bits per heavy atom. The summed E-state index contributed by atoms with van der Waals surface area (Å²) in [7, 11) is 1.38. The third-order valence-electron chi connectivity index (χ3n) is 5.43. The van der Waals surface area contributed by atoms with Crippen molar-refractivity contribution < 1.29 is 19.1 Å². The lowest BCUT2D eigenvalue weighted by atomic mass is 9.58. The van der Waals surface area contributed by atoms with Gasteiger partial charge in [-0.2, -0.15) is 0 Å². The SMILES string of the molecule is COC(=O)/C=C/C/C=C\[C@H]1C2CCC(CC2)[C@@H]1CNC(=O)OC(C)(C)C. The summed E-state index contributed by atoms with van der Waals surface area (Å²) in [6.45, 7) is 6.30. The van der Waals surface area contributed by atoms with E-state index in [-0.39, 0.29) is 12.1 Å². The van der Waals surface area contributed by atoms with Crippen LogP contribution >= 0.6 is 0 Å². The van der Waals surface area contributed by atoms with Crippen LogP contribution in [0, 0.1) is 23.7 Å².